The van der Waals surface area contributed by atoms with Gasteiger partial charge >= 0.3 is 0 Å². The quantitative estimate of drug-likeness (QED) is 0.821. The number of rotatable bonds is 2. The van der Waals surface area contributed by atoms with E-state index in [1.54, 1.807) is 12.1 Å². The van der Waals surface area contributed by atoms with E-state index < -0.39 is 10.0 Å². The van der Waals surface area contributed by atoms with Gasteiger partial charge in [-0.1, -0.05) is 6.92 Å². The zero-order valence-electron chi connectivity index (χ0n) is 10.3. The van der Waals surface area contributed by atoms with Gasteiger partial charge < -0.3 is 10.0 Å². The summed E-state index contributed by atoms with van der Waals surface area (Å²) in [6, 6.07) is 6.44. The van der Waals surface area contributed by atoms with E-state index in [4.69, 9.17) is 5.14 Å². The molecule has 2 atom stereocenters. The SMILES string of the molecule is CC1CCN(c2ccc(S(N)(=O)=O)cc2)CC1O. The van der Waals surface area contributed by atoms with Crippen LogP contribution in [0.25, 0.3) is 0 Å². The zero-order chi connectivity index (χ0) is 13.3. The molecule has 0 saturated carbocycles. The molecule has 0 aliphatic carbocycles. The van der Waals surface area contributed by atoms with E-state index in [2.05, 4.69) is 4.90 Å². The highest BCUT2D eigenvalue weighted by Crippen LogP contribution is 2.24. The van der Waals surface area contributed by atoms with Crippen molar-refractivity contribution in [3.05, 3.63) is 24.3 Å². The Kier molecular flexibility index (Phi) is 3.61. The molecule has 6 heteroatoms. The van der Waals surface area contributed by atoms with Gasteiger partial charge in [-0.3, -0.25) is 0 Å². The van der Waals surface area contributed by atoms with Crippen molar-refractivity contribution in [2.75, 3.05) is 18.0 Å². The number of primary sulfonamides is 1. The summed E-state index contributed by atoms with van der Waals surface area (Å²) in [7, 11) is -3.64. The largest absolute Gasteiger partial charge is 0.391 e. The van der Waals surface area contributed by atoms with Gasteiger partial charge in [0, 0.05) is 18.8 Å². The lowest BCUT2D eigenvalue weighted by atomic mass is 9.96. The number of nitrogens with two attached hydrogens (primary N) is 1. The van der Waals surface area contributed by atoms with Crippen LogP contribution in [0.2, 0.25) is 0 Å². The van der Waals surface area contributed by atoms with E-state index in [1.165, 1.54) is 12.1 Å². The summed E-state index contributed by atoms with van der Waals surface area (Å²) < 4.78 is 22.3. The number of hydrogen-bond acceptors (Lipinski definition) is 4. The first-order valence-electron chi connectivity index (χ1n) is 5.94. The molecule has 0 spiro atoms. The fourth-order valence-electron chi connectivity index (χ4n) is 2.13. The summed E-state index contributed by atoms with van der Waals surface area (Å²) in [5.41, 5.74) is 0.911. The third-order valence-corrected chi connectivity index (χ3v) is 4.38. The molecule has 0 aromatic heterocycles. The summed E-state index contributed by atoms with van der Waals surface area (Å²) in [5, 5.41) is 14.9. The Morgan fingerprint density at radius 3 is 2.44 bits per heavy atom. The number of aliphatic hydroxyl groups excluding tert-OH is 1. The van der Waals surface area contributed by atoms with Crippen LogP contribution in [-0.2, 0) is 10.0 Å². The Morgan fingerprint density at radius 2 is 1.94 bits per heavy atom. The van der Waals surface area contributed by atoms with Crippen LogP contribution >= 0.6 is 0 Å². The number of piperidine rings is 1. The van der Waals surface area contributed by atoms with Crippen LogP contribution in [0.4, 0.5) is 5.69 Å². The van der Waals surface area contributed by atoms with E-state index in [0.29, 0.717) is 12.5 Å². The van der Waals surface area contributed by atoms with E-state index in [0.717, 1.165) is 18.7 Å². The molecule has 0 radical (unpaired) electrons. The average Bonchev–Trinajstić information content (AvgIpc) is 2.32. The monoisotopic (exact) mass is 270 g/mol. The molecule has 2 unspecified atom stereocenters. The van der Waals surface area contributed by atoms with Crippen LogP contribution in [0.3, 0.4) is 0 Å². The molecule has 1 heterocycles. The van der Waals surface area contributed by atoms with Crippen molar-refractivity contribution in [2.45, 2.75) is 24.3 Å². The summed E-state index contributed by atoms with van der Waals surface area (Å²) in [6.07, 6.45) is 0.592. The Bertz CT molecular complexity index is 513. The number of β-amino-alcohol motifs (C(OH)–C–C–N with tert-alkyl or cyclic N) is 1. The van der Waals surface area contributed by atoms with Crippen LogP contribution in [0.1, 0.15) is 13.3 Å². The number of hydrogen-bond donors (Lipinski definition) is 2. The lowest BCUT2D eigenvalue weighted by Crippen LogP contribution is -2.42. The minimum absolute atomic E-state index is 0.108. The van der Waals surface area contributed by atoms with Gasteiger partial charge in [0.25, 0.3) is 0 Å². The molecule has 100 valence electrons. The summed E-state index contributed by atoms with van der Waals surface area (Å²) >= 11 is 0. The number of nitrogens with zero attached hydrogens (tertiary/aromatic N) is 1. The van der Waals surface area contributed by atoms with Crippen molar-refractivity contribution in [3.63, 3.8) is 0 Å². The zero-order valence-corrected chi connectivity index (χ0v) is 11.1. The van der Waals surface area contributed by atoms with Crippen LogP contribution in [0.5, 0.6) is 0 Å². The molecule has 3 N–H and O–H groups in total. The lowest BCUT2D eigenvalue weighted by molar-refractivity contribution is 0.103. The minimum atomic E-state index is -3.64. The van der Waals surface area contributed by atoms with Gasteiger partial charge in [-0.05, 0) is 36.6 Å². The average molecular weight is 270 g/mol. The topological polar surface area (TPSA) is 83.6 Å². The number of anilines is 1. The third-order valence-electron chi connectivity index (χ3n) is 3.45. The normalized spacial score (nSPS) is 25.2. The molecule has 1 saturated heterocycles. The first-order valence-corrected chi connectivity index (χ1v) is 7.48. The summed E-state index contributed by atoms with van der Waals surface area (Å²) in [4.78, 5) is 2.16. The molecule has 2 rings (SSSR count). The highest BCUT2D eigenvalue weighted by molar-refractivity contribution is 7.89. The van der Waals surface area contributed by atoms with Gasteiger partial charge in [-0.2, -0.15) is 0 Å². The summed E-state index contributed by atoms with van der Waals surface area (Å²) in [5.74, 6) is 0.310. The molecular formula is C12H18N2O3S. The van der Waals surface area contributed by atoms with E-state index in [1.807, 2.05) is 6.92 Å². The van der Waals surface area contributed by atoms with Crippen molar-refractivity contribution in [1.29, 1.82) is 0 Å². The van der Waals surface area contributed by atoms with Gasteiger partial charge in [0.15, 0.2) is 0 Å². The van der Waals surface area contributed by atoms with Gasteiger partial charge in [-0.15, -0.1) is 0 Å². The highest BCUT2D eigenvalue weighted by Gasteiger charge is 2.24. The predicted octanol–water partition coefficient (Wildman–Crippen LogP) is 0.541. The molecule has 1 fully saturated rings. The lowest BCUT2D eigenvalue weighted by Gasteiger charge is -2.35. The van der Waals surface area contributed by atoms with Crippen LogP contribution in [0.15, 0.2) is 29.2 Å². The number of sulfonamides is 1. The smallest absolute Gasteiger partial charge is 0.238 e. The van der Waals surface area contributed by atoms with Crippen molar-refractivity contribution in [2.24, 2.45) is 11.1 Å². The fourth-order valence-corrected chi connectivity index (χ4v) is 2.65. The van der Waals surface area contributed by atoms with Gasteiger partial charge in [0.2, 0.25) is 10.0 Å². The Balaban J connectivity index is 2.16. The predicted molar refractivity (Wildman–Crippen MR) is 69.8 cm³/mol. The maximum Gasteiger partial charge on any atom is 0.238 e. The van der Waals surface area contributed by atoms with E-state index >= 15 is 0 Å². The first-order chi connectivity index (χ1) is 8.38. The third kappa shape index (κ3) is 2.82. The number of benzene rings is 1. The van der Waals surface area contributed by atoms with Crippen LogP contribution in [0, 0.1) is 5.92 Å². The van der Waals surface area contributed by atoms with Crippen molar-refractivity contribution in [1.82, 2.24) is 0 Å². The molecule has 1 aliphatic heterocycles. The molecule has 1 aliphatic rings. The van der Waals surface area contributed by atoms with Crippen molar-refractivity contribution < 1.29 is 13.5 Å². The van der Waals surface area contributed by atoms with Gasteiger partial charge in [-0.25, -0.2) is 13.6 Å². The molecule has 18 heavy (non-hydrogen) atoms. The Hall–Kier alpha value is -1.11. The first kappa shape index (κ1) is 13.3. The fraction of sp³-hybridized carbons (Fsp3) is 0.500. The second-order valence-corrected chi connectivity index (χ2v) is 6.38. The molecule has 0 bridgehead atoms. The second-order valence-electron chi connectivity index (χ2n) is 4.82. The maximum absolute atomic E-state index is 11.1. The molecule has 1 aromatic carbocycles. The van der Waals surface area contributed by atoms with Crippen LogP contribution in [-0.4, -0.2) is 32.7 Å². The minimum Gasteiger partial charge on any atom is -0.391 e. The Labute approximate surface area is 107 Å². The Morgan fingerprint density at radius 1 is 1.33 bits per heavy atom. The van der Waals surface area contributed by atoms with E-state index in [-0.39, 0.29) is 11.0 Å². The van der Waals surface area contributed by atoms with Gasteiger partial charge in [0.05, 0.1) is 11.0 Å². The van der Waals surface area contributed by atoms with Crippen molar-refractivity contribution in [3.8, 4) is 0 Å². The highest BCUT2D eigenvalue weighted by atomic mass is 32.2. The second kappa shape index (κ2) is 4.87. The molecule has 1 aromatic rings. The number of aliphatic hydroxyl groups is 1. The van der Waals surface area contributed by atoms with Gasteiger partial charge in [0.1, 0.15) is 0 Å². The molecule has 5 nitrogen and oxygen atoms in total. The van der Waals surface area contributed by atoms with Crippen molar-refractivity contribution >= 4 is 15.7 Å². The molecular weight excluding hydrogens is 252 g/mol. The standard InChI is InChI=1S/C12H18N2O3S/c1-9-6-7-14(8-12(9)15)10-2-4-11(5-3-10)18(13,16)17/h2-5,9,12,15H,6-8H2,1H3,(H2,13,16,17). The molecule has 0 amide bonds. The van der Waals surface area contributed by atoms with E-state index in [9.17, 15) is 13.5 Å². The summed E-state index contributed by atoms with van der Waals surface area (Å²) in [6.45, 7) is 3.48. The maximum atomic E-state index is 11.1. The van der Waals surface area contributed by atoms with Crippen LogP contribution < -0.4 is 10.0 Å².